The standard InChI is InChI=1S/C13H13FN4O3S/c1-22(20,21)17-7-9-6-15-18(12(9)8-17)16-13(19)10-4-2-3-5-11(10)14/h2-6H,7-8H2,1H3,(H,16,19). The number of fused-ring (bicyclic) bond motifs is 1. The highest BCUT2D eigenvalue weighted by atomic mass is 32.2. The molecule has 0 spiro atoms. The minimum absolute atomic E-state index is 0.107. The van der Waals surface area contributed by atoms with E-state index in [9.17, 15) is 17.6 Å². The Morgan fingerprint density at radius 3 is 2.73 bits per heavy atom. The molecule has 7 nitrogen and oxygen atoms in total. The molecular weight excluding hydrogens is 311 g/mol. The zero-order valence-corrected chi connectivity index (χ0v) is 12.5. The van der Waals surface area contributed by atoms with Gasteiger partial charge in [-0.3, -0.25) is 4.79 Å². The molecule has 0 fully saturated rings. The first-order chi connectivity index (χ1) is 10.4. The second-order valence-electron chi connectivity index (χ2n) is 4.98. The highest BCUT2D eigenvalue weighted by molar-refractivity contribution is 7.88. The van der Waals surface area contributed by atoms with Gasteiger partial charge in [-0.25, -0.2) is 18.2 Å². The van der Waals surface area contributed by atoms with Crippen LogP contribution in [0.25, 0.3) is 0 Å². The number of carbonyl (C=O) groups is 1. The molecule has 22 heavy (non-hydrogen) atoms. The Hall–Kier alpha value is -2.26. The van der Waals surface area contributed by atoms with E-state index >= 15 is 0 Å². The molecule has 2 heterocycles. The van der Waals surface area contributed by atoms with Gasteiger partial charge in [0.15, 0.2) is 0 Å². The van der Waals surface area contributed by atoms with Crippen LogP contribution in [-0.2, 0) is 23.1 Å². The van der Waals surface area contributed by atoms with Crippen molar-refractivity contribution in [3.05, 3.63) is 53.1 Å². The van der Waals surface area contributed by atoms with Crippen LogP contribution >= 0.6 is 0 Å². The summed E-state index contributed by atoms with van der Waals surface area (Å²) in [7, 11) is -3.32. The lowest BCUT2D eigenvalue weighted by atomic mass is 10.2. The fourth-order valence-corrected chi connectivity index (χ4v) is 2.98. The van der Waals surface area contributed by atoms with Crippen molar-refractivity contribution >= 4 is 15.9 Å². The first kappa shape index (κ1) is 14.7. The molecule has 1 aromatic heterocycles. The number of nitrogens with zero attached hydrogens (tertiary/aromatic N) is 3. The van der Waals surface area contributed by atoms with Crippen LogP contribution in [0.4, 0.5) is 4.39 Å². The highest BCUT2D eigenvalue weighted by Crippen LogP contribution is 2.23. The van der Waals surface area contributed by atoms with Gasteiger partial charge < -0.3 is 0 Å². The number of rotatable bonds is 3. The van der Waals surface area contributed by atoms with Crippen LogP contribution in [0.1, 0.15) is 21.6 Å². The van der Waals surface area contributed by atoms with Crippen molar-refractivity contribution in [3.63, 3.8) is 0 Å². The number of amides is 1. The van der Waals surface area contributed by atoms with E-state index in [0.29, 0.717) is 11.3 Å². The van der Waals surface area contributed by atoms with Gasteiger partial charge in [0.2, 0.25) is 10.0 Å². The molecule has 1 aromatic carbocycles. The zero-order valence-electron chi connectivity index (χ0n) is 11.7. The van der Waals surface area contributed by atoms with Crippen molar-refractivity contribution in [1.29, 1.82) is 0 Å². The molecule has 9 heteroatoms. The highest BCUT2D eigenvalue weighted by Gasteiger charge is 2.30. The van der Waals surface area contributed by atoms with E-state index in [0.717, 1.165) is 6.26 Å². The van der Waals surface area contributed by atoms with E-state index < -0.39 is 21.7 Å². The van der Waals surface area contributed by atoms with Crippen LogP contribution in [0.2, 0.25) is 0 Å². The van der Waals surface area contributed by atoms with Crippen molar-refractivity contribution in [3.8, 4) is 0 Å². The van der Waals surface area contributed by atoms with Crippen LogP contribution < -0.4 is 5.43 Å². The molecule has 1 N–H and O–H groups in total. The van der Waals surface area contributed by atoms with Gasteiger partial charge >= 0.3 is 0 Å². The summed E-state index contributed by atoms with van der Waals surface area (Å²) in [4.78, 5) is 13.3. The first-order valence-electron chi connectivity index (χ1n) is 6.43. The van der Waals surface area contributed by atoms with Gasteiger partial charge in [-0.15, -0.1) is 0 Å². The van der Waals surface area contributed by atoms with Gasteiger partial charge in [-0.05, 0) is 12.1 Å². The Labute approximate surface area is 126 Å². The lowest BCUT2D eigenvalue weighted by Gasteiger charge is -2.13. The third-order valence-electron chi connectivity index (χ3n) is 3.42. The molecule has 0 radical (unpaired) electrons. The minimum atomic E-state index is -3.32. The van der Waals surface area contributed by atoms with Gasteiger partial charge in [0.05, 0.1) is 30.3 Å². The summed E-state index contributed by atoms with van der Waals surface area (Å²) in [5.41, 5.74) is 3.62. The molecule has 0 saturated heterocycles. The van der Waals surface area contributed by atoms with Crippen molar-refractivity contribution in [1.82, 2.24) is 14.2 Å². The van der Waals surface area contributed by atoms with Gasteiger partial charge in [0.25, 0.3) is 5.91 Å². The number of aromatic nitrogens is 2. The third kappa shape index (κ3) is 2.60. The van der Waals surface area contributed by atoms with Crippen LogP contribution in [0.15, 0.2) is 30.5 Å². The van der Waals surface area contributed by atoms with Gasteiger partial charge in [0.1, 0.15) is 5.82 Å². The molecule has 1 aliphatic rings. The Morgan fingerprint density at radius 1 is 1.32 bits per heavy atom. The summed E-state index contributed by atoms with van der Waals surface area (Å²) < 4.78 is 38.0. The average Bonchev–Trinajstić information content (AvgIpc) is 3.01. The van der Waals surface area contributed by atoms with Crippen molar-refractivity contribution in [2.45, 2.75) is 13.1 Å². The van der Waals surface area contributed by atoms with Crippen molar-refractivity contribution < 1.29 is 17.6 Å². The monoisotopic (exact) mass is 324 g/mol. The molecule has 116 valence electrons. The van der Waals surface area contributed by atoms with Crippen LogP contribution in [0.5, 0.6) is 0 Å². The van der Waals surface area contributed by atoms with E-state index in [1.807, 2.05) is 0 Å². The van der Waals surface area contributed by atoms with E-state index in [-0.39, 0.29) is 18.7 Å². The molecule has 0 saturated carbocycles. The lowest BCUT2D eigenvalue weighted by molar-refractivity contribution is 0.100. The number of sulfonamides is 1. The van der Waals surface area contributed by atoms with Crippen LogP contribution in [0.3, 0.4) is 0 Å². The minimum Gasteiger partial charge on any atom is -0.267 e. The molecule has 0 atom stereocenters. The molecule has 0 aliphatic carbocycles. The van der Waals surface area contributed by atoms with E-state index in [1.165, 1.54) is 33.5 Å². The predicted molar refractivity (Wildman–Crippen MR) is 76.4 cm³/mol. The number of nitrogens with one attached hydrogen (secondary N) is 1. The van der Waals surface area contributed by atoms with E-state index in [1.54, 1.807) is 6.07 Å². The summed E-state index contributed by atoms with van der Waals surface area (Å²) in [5.74, 6) is -1.29. The van der Waals surface area contributed by atoms with Crippen molar-refractivity contribution in [2.24, 2.45) is 0 Å². The Bertz CT molecular complexity index is 847. The lowest BCUT2D eigenvalue weighted by Crippen LogP contribution is -2.29. The van der Waals surface area contributed by atoms with Crippen molar-refractivity contribution in [2.75, 3.05) is 11.7 Å². The second kappa shape index (κ2) is 5.18. The summed E-state index contributed by atoms with van der Waals surface area (Å²) in [5, 5.41) is 3.99. The van der Waals surface area contributed by atoms with E-state index in [2.05, 4.69) is 10.5 Å². The predicted octanol–water partition coefficient (Wildman–Crippen LogP) is 0.681. The Kier molecular flexibility index (Phi) is 3.45. The molecule has 0 bridgehead atoms. The summed E-state index contributed by atoms with van der Waals surface area (Å²) in [6.07, 6.45) is 2.61. The molecule has 0 unspecified atom stereocenters. The second-order valence-corrected chi connectivity index (χ2v) is 6.96. The normalized spacial score (nSPS) is 14.8. The van der Waals surface area contributed by atoms with Crippen LogP contribution in [0, 0.1) is 5.82 Å². The molecule has 1 amide bonds. The maximum absolute atomic E-state index is 13.6. The first-order valence-corrected chi connectivity index (χ1v) is 8.28. The number of carbonyl (C=O) groups excluding carboxylic acids is 1. The third-order valence-corrected chi connectivity index (χ3v) is 4.62. The number of halogens is 1. The molecular formula is C13H13FN4O3S. The fourth-order valence-electron chi connectivity index (χ4n) is 2.25. The average molecular weight is 324 g/mol. The fraction of sp³-hybridized carbons (Fsp3) is 0.231. The maximum atomic E-state index is 13.6. The van der Waals surface area contributed by atoms with Gasteiger partial charge in [-0.1, -0.05) is 12.1 Å². The summed E-state index contributed by atoms with van der Waals surface area (Å²) in [6.45, 7) is 0.329. The number of benzene rings is 1. The number of hydrogen-bond donors (Lipinski definition) is 1. The zero-order chi connectivity index (χ0) is 15.9. The molecule has 1 aliphatic heterocycles. The maximum Gasteiger partial charge on any atom is 0.274 e. The van der Waals surface area contributed by atoms with Gasteiger partial charge in [0, 0.05) is 12.1 Å². The topological polar surface area (TPSA) is 84.3 Å². The smallest absolute Gasteiger partial charge is 0.267 e. The van der Waals surface area contributed by atoms with Gasteiger partial charge in [-0.2, -0.15) is 14.2 Å². The summed E-state index contributed by atoms with van der Waals surface area (Å²) >= 11 is 0. The Balaban J connectivity index is 1.82. The van der Waals surface area contributed by atoms with E-state index in [4.69, 9.17) is 0 Å². The SMILES string of the molecule is CS(=O)(=O)N1Cc2cnn(NC(=O)c3ccccc3F)c2C1. The summed E-state index contributed by atoms with van der Waals surface area (Å²) in [6, 6.07) is 5.59. The van der Waals surface area contributed by atoms with Crippen LogP contribution in [-0.4, -0.2) is 34.8 Å². The molecule has 2 aromatic rings. The Morgan fingerprint density at radius 2 is 2.05 bits per heavy atom. The number of hydrogen-bond acceptors (Lipinski definition) is 4. The molecule has 3 rings (SSSR count). The quantitative estimate of drug-likeness (QED) is 0.900. The largest absolute Gasteiger partial charge is 0.274 e.